The van der Waals surface area contributed by atoms with Gasteiger partial charge in [0.25, 0.3) is 0 Å². The van der Waals surface area contributed by atoms with Gasteiger partial charge in [-0.25, -0.2) is 28.2 Å². The van der Waals surface area contributed by atoms with Crippen molar-refractivity contribution in [2.24, 2.45) is 11.1 Å². The second kappa shape index (κ2) is 12.0. The van der Waals surface area contributed by atoms with Gasteiger partial charge in [-0.2, -0.15) is 5.10 Å². The topological polar surface area (TPSA) is 111 Å². The molecule has 1 unspecified atom stereocenters. The molecule has 3 N–H and O–H groups in total. The first-order valence-electron chi connectivity index (χ1n) is 13.6. The van der Waals surface area contributed by atoms with E-state index in [1.165, 1.54) is 33.7 Å². The number of nitrogens with two attached hydrogens (primary N) is 1. The fourth-order valence-corrected chi connectivity index (χ4v) is 7.09. The maximum Gasteiger partial charge on any atom is 0.355 e. The summed E-state index contributed by atoms with van der Waals surface area (Å²) < 4.78 is 28.3. The van der Waals surface area contributed by atoms with E-state index in [4.69, 9.17) is 10.2 Å². The van der Waals surface area contributed by atoms with Crippen LogP contribution in [0.25, 0.3) is 16.4 Å². The van der Waals surface area contributed by atoms with Gasteiger partial charge in [-0.05, 0) is 80.5 Å². The normalized spacial score (nSPS) is 13.5. The summed E-state index contributed by atoms with van der Waals surface area (Å²) in [4.78, 5) is 18.2. The number of rotatable bonds is 8. The van der Waals surface area contributed by atoms with Crippen LogP contribution in [0, 0.1) is 37.4 Å². The molecule has 0 saturated heterocycles. The molecule has 0 aliphatic heterocycles. The first-order chi connectivity index (χ1) is 20.7. The number of nitrogens with zero attached hydrogens (tertiary/aromatic N) is 3. The Kier molecular flexibility index (Phi) is 8.11. The van der Waals surface area contributed by atoms with Gasteiger partial charge in [0.15, 0.2) is 5.69 Å². The Morgan fingerprint density at radius 3 is 2.65 bits per heavy atom. The third-order valence-electron chi connectivity index (χ3n) is 7.25. The average Bonchev–Trinajstić information content (AvgIpc) is 3.36. The van der Waals surface area contributed by atoms with Crippen LogP contribution in [0.3, 0.4) is 0 Å². The number of carbonyl (C=O) groups is 1. The summed E-state index contributed by atoms with van der Waals surface area (Å²) in [6.45, 7) is 4.12. The molecule has 1 aliphatic rings. The summed E-state index contributed by atoms with van der Waals surface area (Å²) in [7, 11) is -1.93. The monoisotopic (exact) mass is 630 g/mol. The van der Waals surface area contributed by atoms with Gasteiger partial charge in [-0.1, -0.05) is 30.0 Å². The van der Waals surface area contributed by atoms with Crippen molar-refractivity contribution < 1.29 is 18.5 Å². The first kappa shape index (κ1) is 29.1. The van der Waals surface area contributed by atoms with E-state index in [0.29, 0.717) is 28.7 Å². The third-order valence-corrected chi connectivity index (χ3v) is 9.90. The summed E-state index contributed by atoms with van der Waals surface area (Å²) >= 11 is 2.88. The van der Waals surface area contributed by atoms with Crippen molar-refractivity contribution in [1.82, 2.24) is 14.8 Å². The van der Waals surface area contributed by atoms with Gasteiger partial charge in [-0.15, -0.1) is 22.7 Å². The lowest BCUT2D eigenvalue weighted by Gasteiger charge is -2.10. The van der Waals surface area contributed by atoms with Crippen molar-refractivity contribution in [2.75, 3.05) is 0 Å². The second-order valence-corrected chi connectivity index (χ2v) is 13.7. The van der Waals surface area contributed by atoms with E-state index in [1.807, 2.05) is 24.3 Å². The molecule has 0 amide bonds. The van der Waals surface area contributed by atoms with Crippen LogP contribution in [0.1, 0.15) is 61.0 Å². The van der Waals surface area contributed by atoms with Gasteiger partial charge in [0.1, 0.15) is 16.8 Å². The number of halogens is 1. The van der Waals surface area contributed by atoms with Crippen LogP contribution >= 0.6 is 22.7 Å². The fourth-order valence-electron chi connectivity index (χ4n) is 4.99. The Morgan fingerprint density at radius 1 is 1.19 bits per heavy atom. The Labute approximate surface area is 258 Å². The summed E-state index contributed by atoms with van der Waals surface area (Å²) in [6.07, 6.45) is 3.27. The third kappa shape index (κ3) is 6.38. The van der Waals surface area contributed by atoms with Crippen LogP contribution in [-0.4, -0.2) is 30.0 Å². The molecule has 1 aliphatic carbocycles. The predicted octanol–water partition coefficient (Wildman–Crippen LogP) is 6.44. The zero-order valence-electron chi connectivity index (χ0n) is 23.4. The van der Waals surface area contributed by atoms with Gasteiger partial charge in [0.2, 0.25) is 5.13 Å². The molecule has 43 heavy (non-hydrogen) atoms. The van der Waals surface area contributed by atoms with E-state index >= 15 is 0 Å². The molecule has 1 atom stereocenters. The zero-order chi connectivity index (χ0) is 30.2. The number of carboxylic acid groups (broad SMARTS) is 1. The Morgan fingerprint density at radius 2 is 2.00 bits per heavy atom. The number of aryl methyl sites for hydroxylation is 2. The molecule has 2 aromatic carbocycles. The molecule has 3 heterocycles. The average molecular weight is 631 g/mol. The smallest absolute Gasteiger partial charge is 0.355 e. The maximum atomic E-state index is 14.8. The summed E-state index contributed by atoms with van der Waals surface area (Å²) in [5, 5.41) is 21.9. The Balaban J connectivity index is 1.49. The number of aromatic carboxylic acids is 1. The standard InChI is InChI=1S/C32H27FN4O3S3/c1-18-12-19(2)42-28(18)10-8-20-4-3-5-23(13-20)30-24(14-22-9-11-29(43(34)40)25(33)15-22)27(16-21-6-7-21)37(36-30)32-35-26(17-41-32)31(38)39/h3-5,9,11-13,15,17,21H,6-7,14,16,34H2,1-2H3,(H,38,39). The van der Waals surface area contributed by atoms with Crippen LogP contribution in [-0.2, 0) is 23.8 Å². The minimum absolute atomic E-state index is 0.0419. The molecule has 0 radical (unpaired) electrons. The highest BCUT2D eigenvalue weighted by atomic mass is 32.2. The molecule has 0 spiro atoms. The van der Waals surface area contributed by atoms with Crippen LogP contribution in [0.15, 0.2) is 58.8 Å². The molecule has 3 aromatic heterocycles. The van der Waals surface area contributed by atoms with Crippen molar-refractivity contribution in [2.45, 2.75) is 44.4 Å². The molecule has 1 fully saturated rings. The molecule has 1 saturated carbocycles. The van der Waals surface area contributed by atoms with Crippen molar-refractivity contribution in [3.05, 3.63) is 103 Å². The molecule has 7 nitrogen and oxygen atoms in total. The summed E-state index contributed by atoms with van der Waals surface area (Å²) in [5.41, 5.74) is 5.96. The molecule has 11 heteroatoms. The van der Waals surface area contributed by atoms with Crippen LogP contribution in [0.2, 0.25) is 0 Å². The number of hydrogen-bond acceptors (Lipinski definition) is 6. The largest absolute Gasteiger partial charge is 0.476 e. The lowest BCUT2D eigenvalue weighted by Crippen LogP contribution is -2.07. The minimum atomic E-state index is -1.93. The van der Waals surface area contributed by atoms with Gasteiger partial charge in [0.05, 0.1) is 21.2 Å². The van der Waals surface area contributed by atoms with Crippen LogP contribution in [0.5, 0.6) is 0 Å². The molecule has 6 rings (SSSR count). The number of aromatic nitrogens is 3. The quantitative estimate of drug-likeness (QED) is 0.192. The summed E-state index contributed by atoms with van der Waals surface area (Å²) in [5.74, 6) is 5.34. The number of thiophene rings is 1. The number of benzene rings is 2. The highest BCUT2D eigenvalue weighted by Gasteiger charge is 2.29. The first-order valence-corrected chi connectivity index (χ1v) is 16.5. The van der Waals surface area contributed by atoms with Crippen molar-refractivity contribution in [1.29, 1.82) is 0 Å². The summed E-state index contributed by atoms with van der Waals surface area (Å²) in [6, 6.07) is 14.5. The zero-order valence-corrected chi connectivity index (χ0v) is 25.8. The molecular weight excluding hydrogens is 604 g/mol. The second-order valence-electron chi connectivity index (χ2n) is 10.6. The van der Waals surface area contributed by atoms with E-state index in [1.54, 1.807) is 22.1 Å². The van der Waals surface area contributed by atoms with Crippen LogP contribution < -0.4 is 5.14 Å². The number of thiazole rings is 1. The van der Waals surface area contributed by atoms with Crippen LogP contribution in [0.4, 0.5) is 4.39 Å². The highest BCUT2D eigenvalue weighted by Crippen LogP contribution is 2.38. The molecule has 5 aromatic rings. The lowest BCUT2D eigenvalue weighted by atomic mass is 9.96. The lowest BCUT2D eigenvalue weighted by molar-refractivity contribution is 0.0691. The highest BCUT2D eigenvalue weighted by molar-refractivity contribution is 7.82. The SMILES string of the molecule is Cc1cc(C)c(C#Cc2cccc(-c3nn(-c4nc(C(=O)O)cs4)c(CC4CC4)c3Cc3ccc(S(N)=O)c(F)c3)c2)s1. The molecule has 218 valence electrons. The molecule has 0 bridgehead atoms. The Bertz CT molecular complexity index is 1960. The van der Waals surface area contributed by atoms with E-state index < -0.39 is 22.8 Å². The fraction of sp³-hybridized carbons (Fsp3) is 0.219. The van der Waals surface area contributed by atoms with Crippen molar-refractivity contribution in [3.8, 4) is 28.2 Å². The van der Waals surface area contributed by atoms with Crippen molar-refractivity contribution in [3.63, 3.8) is 0 Å². The molecular formula is C32H27FN4O3S3. The van der Waals surface area contributed by atoms with Gasteiger partial charge in [-0.3, -0.25) is 0 Å². The maximum absolute atomic E-state index is 14.8. The van der Waals surface area contributed by atoms with E-state index in [2.05, 4.69) is 36.7 Å². The van der Waals surface area contributed by atoms with E-state index in [0.717, 1.165) is 52.1 Å². The Hall–Kier alpha value is -3.95. The number of carboxylic acids is 1. The van der Waals surface area contributed by atoms with Crippen molar-refractivity contribution >= 4 is 39.6 Å². The van der Waals surface area contributed by atoms with E-state index in [-0.39, 0.29) is 10.6 Å². The van der Waals surface area contributed by atoms with Gasteiger partial charge >= 0.3 is 5.97 Å². The van der Waals surface area contributed by atoms with Gasteiger partial charge < -0.3 is 5.11 Å². The predicted molar refractivity (Wildman–Crippen MR) is 168 cm³/mol. The van der Waals surface area contributed by atoms with E-state index in [9.17, 15) is 18.5 Å². The van der Waals surface area contributed by atoms with Gasteiger partial charge in [0, 0.05) is 33.4 Å². The number of hydrogen-bond donors (Lipinski definition) is 2. The minimum Gasteiger partial charge on any atom is -0.476 e.